The number of benzene rings is 1. The van der Waals surface area contributed by atoms with Crippen molar-refractivity contribution in [3.05, 3.63) is 59.3 Å². The van der Waals surface area contributed by atoms with E-state index in [4.69, 9.17) is 0 Å². The number of amides is 1. The lowest BCUT2D eigenvalue weighted by atomic mass is 10.1. The number of anilines is 1. The van der Waals surface area contributed by atoms with Gasteiger partial charge in [0.25, 0.3) is 5.91 Å². The summed E-state index contributed by atoms with van der Waals surface area (Å²) in [5.41, 5.74) is 2.89. The highest BCUT2D eigenvalue weighted by Crippen LogP contribution is 2.10. The molecule has 0 radical (unpaired) electrons. The lowest BCUT2D eigenvalue weighted by Gasteiger charge is -2.06. The maximum Gasteiger partial charge on any atom is 0.256 e. The standard InChI is InChI=1S/C16H19N3O/c1-3-12-5-4-6-14(9-12)16(20)19-15-8-7-13(10-17-2)11-18-15/h4-9,11,17H,3,10H2,1-2H3,(H,18,19,20). The number of carbonyl (C=O) groups is 1. The van der Waals surface area contributed by atoms with Gasteiger partial charge in [0.2, 0.25) is 0 Å². The zero-order chi connectivity index (χ0) is 14.4. The largest absolute Gasteiger partial charge is 0.316 e. The van der Waals surface area contributed by atoms with Gasteiger partial charge in [-0.1, -0.05) is 25.1 Å². The Morgan fingerprint density at radius 1 is 1.20 bits per heavy atom. The van der Waals surface area contributed by atoms with Crippen molar-refractivity contribution in [1.82, 2.24) is 10.3 Å². The van der Waals surface area contributed by atoms with E-state index in [2.05, 4.69) is 22.5 Å². The average Bonchev–Trinajstić information content (AvgIpc) is 2.49. The van der Waals surface area contributed by atoms with Gasteiger partial charge in [0.15, 0.2) is 0 Å². The number of rotatable bonds is 5. The number of nitrogens with zero attached hydrogens (tertiary/aromatic N) is 1. The van der Waals surface area contributed by atoms with Crippen molar-refractivity contribution in [2.75, 3.05) is 12.4 Å². The fourth-order valence-electron chi connectivity index (χ4n) is 1.93. The number of nitrogens with one attached hydrogen (secondary N) is 2. The highest BCUT2D eigenvalue weighted by atomic mass is 16.1. The first-order valence-corrected chi connectivity index (χ1v) is 6.72. The van der Waals surface area contributed by atoms with Gasteiger partial charge in [0, 0.05) is 18.3 Å². The minimum Gasteiger partial charge on any atom is -0.316 e. The van der Waals surface area contributed by atoms with Crippen LogP contribution in [0.2, 0.25) is 0 Å². The van der Waals surface area contributed by atoms with Crippen molar-refractivity contribution in [2.45, 2.75) is 19.9 Å². The Labute approximate surface area is 119 Å². The van der Waals surface area contributed by atoms with Gasteiger partial charge >= 0.3 is 0 Å². The Hall–Kier alpha value is -2.20. The van der Waals surface area contributed by atoms with Crippen LogP contribution >= 0.6 is 0 Å². The summed E-state index contributed by atoms with van der Waals surface area (Å²) in [6.07, 6.45) is 2.67. The van der Waals surface area contributed by atoms with Gasteiger partial charge in [-0.15, -0.1) is 0 Å². The highest BCUT2D eigenvalue weighted by Gasteiger charge is 2.07. The van der Waals surface area contributed by atoms with Crippen molar-refractivity contribution in [3.63, 3.8) is 0 Å². The molecular formula is C16H19N3O. The molecule has 1 amide bonds. The molecule has 0 saturated carbocycles. The fraction of sp³-hybridized carbons (Fsp3) is 0.250. The molecule has 2 rings (SSSR count). The molecule has 0 aliphatic rings. The molecule has 0 unspecified atom stereocenters. The predicted molar refractivity (Wildman–Crippen MR) is 80.8 cm³/mol. The van der Waals surface area contributed by atoms with E-state index in [-0.39, 0.29) is 5.91 Å². The molecule has 0 spiro atoms. The van der Waals surface area contributed by atoms with Crippen LogP contribution in [0.25, 0.3) is 0 Å². The smallest absolute Gasteiger partial charge is 0.256 e. The first-order valence-electron chi connectivity index (χ1n) is 6.72. The fourth-order valence-corrected chi connectivity index (χ4v) is 1.93. The molecule has 0 saturated heterocycles. The number of pyridine rings is 1. The van der Waals surface area contributed by atoms with Gasteiger partial charge in [0.05, 0.1) is 0 Å². The van der Waals surface area contributed by atoms with E-state index in [1.165, 1.54) is 0 Å². The molecule has 1 aromatic carbocycles. The maximum absolute atomic E-state index is 12.1. The second kappa shape index (κ2) is 6.82. The molecule has 4 heteroatoms. The average molecular weight is 269 g/mol. The van der Waals surface area contributed by atoms with Crippen molar-refractivity contribution >= 4 is 11.7 Å². The number of hydrogen-bond donors (Lipinski definition) is 2. The zero-order valence-corrected chi connectivity index (χ0v) is 11.8. The van der Waals surface area contributed by atoms with Gasteiger partial charge in [-0.2, -0.15) is 0 Å². The molecule has 4 nitrogen and oxygen atoms in total. The molecule has 0 aliphatic heterocycles. The van der Waals surface area contributed by atoms with Crippen molar-refractivity contribution in [1.29, 1.82) is 0 Å². The third kappa shape index (κ3) is 3.65. The van der Waals surface area contributed by atoms with E-state index < -0.39 is 0 Å². The van der Waals surface area contributed by atoms with Crippen LogP contribution < -0.4 is 10.6 Å². The zero-order valence-electron chi connectivity index (χ0n) is 11.8. The topological polar surface area (TPSA) is 54.0 Å². The minimum atomic E-state index is -0.130. The molecule has 0 bridgehead atoms. The summed E-state index contributed by atoms with van der Waals surface area (Å²) in [5, 5.41) is 5.86. The van der Waals surface area contributed by atoms with E-state index in [0.717, 1.165) is 24.1 Å². The molecule has 0 fully saturated rings. The quantitative estimate of drug-likeness (QED) is 0.877. The van der Waals surface area contributed by atoms with Crippen LogP contribution in [0.3, 0.4) is 0 Å². The van der Waals surface area contributed by atoms with Crippen molar-refractivity contribution < 1.29 is 4.79 Å². The van der Waals surface area contributed by atoms with E-state index in [1.807, 2.05) is 43.4 Å². The van der Waals surface area contributed by atoms with Gasteiger partial charge in [-0.3, -0.25) is 4.79 Å². The van der Waals surface area contributed by atoms with E-state index >= 15 is 0 Å². The van der Waals surface area contributed by atoms with E-state index in [1.54, 1.807) is 6.20 Å². The van der Waals surface area contributed by atoms with Gasteiger partial charge < -0.3 is 10.6 Å². The monoisotopic (exact) mass is 269 g/mol. The third-order valence-electron chi connectivity index (χ3n) is 3.04. The first-order chi connectivity index (χ1) is 9.72. The number of aromatic nitrogens is 1. The lowest BCUT2D eigenvalue weighted by Crippen LogP contribution is -2.13. The Morgan fingerprint density at radius 3 is 2.70 bits per heavy atom. The molecule has 2 N–H and O–H groups in total. The van der Waals surface area contributed by atoms with Crippen molar-refractivity contribution in [3.8, 4) is 0 Å². The molecule has 0 atom stereocenters. The van der Waals surface area contributed by atoms with Crippen LogP contribution in [0.1, 0.15) is 28.4 Å². The summed E-state index contributed by atoms with van der Waals surface area (Å²) < 4.78 is 0. The number of hydrogen-bond acceptors (Lipinski definition) is 3. The Morgan fingerprint density at radius 2 is 2.05 bits per heavy atom. The normalized spacial score (nSPS) is 10.3. The lowest BCUT2D eigenvalue weighted by molar-refractivity contribution is 0.102. The Bertz CT molecular complexity index is 579. The molecule has 0 aliphatic carbocycles. The summed E-state index contributed by atoms with van der Waals surface area (Å²) >= 11 is 0. The maximum atomic E-state index is 12.1. The molecule has 2 aromatic rings. The number of aryl methyl sites for hydroxylation is 1. The molecule has 1 aromatic heterocycles. The van der Waals surface area contributed by atoms with Crippen LogP contribution in [0.4, 0.5) is 5.82 Å². The first kappa shape index (κ1) is 14.2. The second-order valence-electron chi connectivity index (χ2n) is 4.59. The molecular weight excluding hydrogens is 250 g/mol. The van der Waals surface area contributed by atoms with Gasteiger partial charge in [-0.05, 0) is 42.8 Å². The minimum absolute atomic E-state index is 0.130. The van der Waals surface area contributed by atoms with Crippen LogP contribution in [0.15, 0.2) is 42.6 Å². The SMILES string of the molecule is CCc1cccc(C(=O)Nc2ccc(CNC)cn2)c1. The summed E-state index contributed by atoms with van der Waals surface area (Å²) in [5.74, 6) is 0.436. The van der Waals surface area contributed by atoms with Gasteiger partial charge in [-0.25, -0.2) is 4.98 Å². The molecule has 20 heavy (non-hydrogen) atoms. The Balaban J connectivity index is 2.06. The van der Waals surface area contributed by atoms with Crippen LogP contribution in [0, 0.1) is 0 Å². The summed E-state index contributed by atoms with van der Waals surface area (Å²) in [7, 11) is 1.89. The number of carbonyl (C=O) groups excluding carboxylic acids is 1. The van der Waals surface area contributed by atoms with E-state index in [0.29, 0.717) is 11.4 Å². The summed E-state index contributed by atoms with van der Waals surface area (Å²) in [6.45, 7) is 2.83. The molecule has 1 heterocycles. The second-order valence-corrected chi connectivity index (χ2v) is 4.59. The van der Waals surface area contributed by atoms with Crippen LogP contribution in [0.5, 0.6) is 0 Å². The van der Waals surface area contributed by atoms with Crippen LogP contribution in [-0.2, 0) is 13.0 Å². The highest BCUT2D eigenvalue weighted by molar-refractivity contribution is 6.03. The van der Waals surface area contributed by atoms with Gasteiger partial charge in [0.1, 0.15) is 5.82 Å². The third-order valence-corrected chi connectivity index (χ3v) is 3.04. The van der Waals surface area contributed by atoms with Crippen molar-refractivity contribution in [2.24, 2.45) is 0 Å². The van der Waals surface area contributed by atoms with E-state index in [9.17, 15) is 4.79 Å². The summed E-state index contributed by atoms with van der Waals surface area (Å²) in [6, 6.07) is 11.4. The molecule has 104 valence electrons. The summed E-state index contributed by atoms with van der Waals surface area (Å²) in [4.78, 5) is 16.4. The predicted octanol–water partition coefficient (Wildman–Crippen LogP) is 2.62. The Kier molecular flexibility index (Phi) is 4.85. The van der Waals surface area contributed by atoms with Crippen LogP contribution in [-0.4, -0.2) is 17.9 Å².